The molecule has 0 spiro atoms. The molecule has 0 radical (unpaired) electrons. The van der Waals surface area contributed by atoms with Gasteiger partial charge in [0, 0.05) is 13.1 Å². The van der Waals surface area contributed by atoms with E-state index in [1.54, 1.807) is 6.07 Å². The normalized spacial score (nSPS) is 18.2. The average molecular weight is 258 g/mol. The van der Waals surface area contributed by atoms with Crippen molar-refractivity contribution in [1.82, 2.24) is 0 Å². The summed E-state index contributed by atoms with van der Waals surface area (Å²) in [5, 5.41) is 2.93. The van der Waals surface area contributed by atoms with Crippen molar-refractivity contribution in [3.05, 3.63) is 23.8 Å². The summed E-state index contributed by atoms with van der Waals surface area (Å²) in [5.74, 6) is 0. The van der Waals surface area contributed by atoms with Gasteiger partial charge in [-0.05, 0) is 32.9 Å². The van der Waals surface area contributed by atoms with E-state index in [1.165, 1.54) is 6.07 Å². The summed E-state index contributed by atoms with van der Waals surface area (Å²) in [7, 11) is 0. The Morgan fingerprint density at radius 2 is 2.00 bits per heavy atom. The Morgan fingerprint density at radius 3 is 2.56 bits per heavy atom. The smallest absolute Gasteiger partial charge is 0.381 e. The highest BCUT2D eigenvalue weighted by Crippen LogP contribution is 2.43. The molecule has 18 heavy (non-hydrogen) atoms. The van der Waals surface area contributed by atoms with Gasteiger partial charge in [0.25, 0.3) is 0 Å². The largest absolute Gasteiger partial charge is 0.418 e. The van der Waals surface area contributed by atoms with Gasteiger partial charge in [0.2, 0.25) is 0 Å². The van der Waals surface area contributed by atoms with Crippen LogP contribution in [0, 0.1) is 0 Å². The molecule has 0 fully saturated rings. The fourth-order valence-corrected chi connectivity index (χ4v) is 2.51. The third-order valence-corrected chi connectivity index (χ3v) is 3.38. The maximum Gasteiger partial charge on any atom is 0.418 e. The summed E-state index contributed by atoms with van der Waals surface area (Å²) in [6, 6.07) is 4.33. The number of fused-ring (bicyclic) bond motifs is 1. The Bertz CT molecular complexity index is 452. The van der Waals surface area contributed by atoms with Crippen molar-refractivity contribution in [2.45, 2.75) is 32.5 Å². The topological polar surface area (TPSA) is 15.3 Å². The van der Waals surface area contributed by atoms with Crippen molar-refractivity contribution in [3.8, 4) is 0 Å². The van der Waals surface area contributed by atoms with Crippen LogP contribution in [-0.4, -0.2) is 18.6 Å². The van der Waals surface area contributed by atoms with Crippen LogP contribution >= 0.6 is 0 Å². The SMILES string of the molecule is CCN1c2cccc(C(F)(F)F)c2NCC1(C)C. The molecule has 1 aromatic rings. The molecule has 0 unspecified atom stereocenters. The predicted octanol–water partition coefficient (Wildman–Crippen LogP) is 3.74. The number of halogens is 3. The molecule has 0 aliphatic carbocycles. The number of para-hydroxylation sites is 1. The van der Waals surface area contributed by atoms with E-state index in [2.05, 4.69) is 5.32 Å². The Hall–Kier alpha value is -1.39. The zero-order chi connectivity index (χ0) is 13.6. The molecule has 1 aliphatic heterocycles. The highest BCUT2D eigenvalue weighted by atomic mass is 19.4. The number of benzene rings is 1. The third-order valence-electron chi connectivity index (χ3n) is 3.38. The van der Waals surface area contributed by atoms with Crippen LogP contribution in [0.25, 0.3) is 0 Å². The summed E-state index contributed by atoms with van der Waals surface area (Å²) >= 11 is 0. The van der Waals surface area contributed by atoms with Crippen molar-refractivity contribution < 1.29 is 13.2 Å². The molecule has 2 rings (SSSR count). The predicted molar refractivity (Wildman–Crippen MR) is 67.0 cm³/mol. The molecule has 0 aromatic heterocycles. The Morgan fingerprint density at radius 1 is 1.33 bits per heavy atom. The van der Waals surface area contributed by atoms with Crippen LogP contribution in [0.3, 0.4) is 0 Å². The van der Waals surface area contributed by atoms with Crippen molar-refractivity contribution >= 4 is 11.4 Å². The van der Waals surface area contributed by atoms with Crippen molar-refractivity contribution in [2.24, 2.45) is 0 Å². The van der Waals surface area contributed by atoms with Crippen LogP contribution in [0.1, 0.15) is 26.3 Å². The van der Waals surface area contributed by atoms with Crippen LogP contribution in [0.15, 0.2) is 18.2 Å². The molecule has 0 atom stereocenters. The van der Waals surface area contributed by atoms with E-state index in [0.29, 0.717) is 18.8 Å². The fraction of sp³-hybridized carbons (Fsp3) is 0.538. The lowest BCUT2D eigenvalue weighted by Crippen LogP contribution is -2.52. The molecular weight excluding hydrogens is 241 g/mol. The van der Waals surface area contributed by atoms with Gasteiger partial charge in [-0.1, -0.05) is 6.07 Å². The van der Waals surface area contributed by atoms with Gasteiger partial charge in [0.05, 0.1) is 22.5 Å². The molecule has 5 heteroatoms. The first-order valence-electron chi connectivity index (χ1n) is 5.99. The van der Waals surface area contributed by atoms with Gasteiger partial charge >= 0.3 is 6.18 Å². The van der Waals surface area contributed by atoms with Gasteiger partial charge in [-0.2, -0.15) is 13.2 Å². The Labute approximate surface area is 105 Å². The van der Waals surface area contributed by atoms with E-state index >= 15 is 0 Å². The molecule has 0 saturated heterocycles. The van der Waals surface area contributed by atoms with Gasteiger partial charge in [-0.3, -0.25) is 0 Å². The zero-order valence-corrected chi connectivity index (χ0v) is 10.7. The number of likely N-dealkylation sites (N-methyl/N-ethyl adjacent to an activating group) is 1. The quantitative estimate of drug-likeness (QED) is 0.825. The minimum absolute atomic E-state index is 0.189. The monoisotopic (exact) mass is 258 g/mol. The Kier molecular flexibility index (Phi) is 2.95. The molecule has 0 amide bonds. The average Bonchev–Trinajstić information content (AvgIpc) is 2.26. The number of hydrogen-bond donors (Lipinski definition) is 1. The van der Waals surface area contributed by atoms with Crippen LogP contribution in [0.5, 0.6) is 0 Å². The summed E-state index contributed by atoms with van der Waals surface area (Å²) in [5.41, 5.74) is 0.0510. The van der Waals surface area contributed by atoms with Gasteiger partial charge < -0.3 is 10.2 Å². The fourth-order valence-electron chi connectivity index (χ4n) is 2.51. The second-order valence-corrected chi connectivity index (χ2v) is 5.11. The lowest BCUT2D eigenvalue weighted by molar-refractivity contribution is -0.137. The second-order valence-electron chi connectivity index (χ2n) is 5.11. The van der Waals surface area contributed by atoms with E-state index in [-0.39, 0.29) is 11.2 Å². The molecule has 2 nitrogen and oxygen atoms in total. The molecule has 0 bridgehead atoms. The van der Waals surface area contributed by atoms with E-state index in [9.17, 15) is 13.2 Å². The second kappa shape index (κ2) is 4.07. The summed E-state index contributed by atoms with van der Waals surface area (Å²) < 4.78 is 38.8. The first kappa shape index (κ1) is 13.1. The number of hydrogen-bond acceptors (Lipinski definition) is 2. The first-order chi connectivity index (χ1) is 8.27. The van der Waals surface area contributed by atoms with E-state index in [4.69, 9.17) is 0 Å². The van der Waals surface area contributed by atoms with Crippen LogP contribution in [0.2, 0.25) is 0 Å². The van der Waals surface area contributed by atoms with Gasteiger partial charge in [0.1, 0.15) is 0 Å². The van der Waals surface area contributed by atoms with E-state index in [0.717, 1.165) is 6.07 Å². The summed E-state index contributed by atoms with van der Waals surface area (Å²) in [4.78, 5) is 2.01. The van der Waals surface area contributed by atoms with Crippen molar-refractivity contribution in [3.63, 3.8) is 0 Å². The Balaban J connectivity index is 2.57. The standard InChI is InChI=1S/C13H17F3N2/c1-4-18-10-7-5-6-9(13(14,15)16)11(10)17-8-12(18,2)3/h5-7,17H,4,8H2,1-3H3. The lowest BCUT2D eigenvalue weighted by atomic mass is 9.96. The van der Waals surface area contributed by atoms with Crippen LogP contribution in [-0.2, 0) is 6.18 Å². The number of rotatable bonds is 1. The van der Waals surface area contributed by atoms with E-state index < -0.39 is 11.7 Å². The number of nitrogens with one attached hydrogen (secondary N) is 1. The van der Waals surface area contributed by atoms with Crippen LogP contribution < -0.4 is 10.2 Å². The molecule has 100 valence electrons. The summed E-state index contributed by atoms with van der Waals surface area (Å²) in [6.07, 6.45) is -4.32. The minimum Gasteiger partial charge on any atom is -0.381 e. The molecule has 0 saturated carbocycles. The highest BCUT2D eigenvalue weighted by molar-refractivity contribution is 5.77. The lowest BCUT2D eigenvalue weighted by Gasteiger charge is -2.45. The molecular formula is C13H17F3N2. The molecule has 1 N–H and O–H groups in total. The van der Waals surface area contributed by atoms with Crippen molar-refractivity contribution in [1.29, 1.82) is 0 Å². The molecule has 1 aromatic carbocycles. The van der Waals surface area contributed by atoms with Crippen LogP contribution in [0.4, 0.5) is 24.5 Å². The summed E-state index contributed by atoms with van der Waals surface area (Å²) in [6.45, 7) is 7.18. The van der Waals surface area contributed by atoms with Gasteiger partial charge in [-0.15, -0.1) is 0 Å². The maximum atomic E-state index is 12.9. The number of anilines is 2. The van der Waals surface area contributed by atoms with E-state index in [1.807, 2.05) is 25.7 Å². The zero-order valence-electron chi connectivity index (χ0n) is 10.7. The van der Waals surface area contributed by atoms with Crippen molar-refractivity contribution in [2.75, 3.05) is 23.3 Å². The number of nitrogens with zero attached hydrogens (tertiary/aromatic N) is 1. The van der Waals surface area contributed by atoms with Gasteiger partial charge in [-0.25, -0.2) is 0 Å². The molecule has 1 aliphatic rings. The molecule has 1 heterocycles. The minimum atomic E-state index is -4.32. The third kappa shape index (κ3) is 2.02. The first-order valence-corrected chi connectivity index (χ1v) is 5.99. The number of alkyl halides is 3. The van der Waals surface area contributed by atoms with Gasteiger partial charge in [0.15, 0.2) is 0 Å². The highest BCUT2D eigenvalue weighted by Gasteiger charge is 2.39. The maximum absolute atomic E-state index is 12.9.